The SMILES string of the molecule is CC(C)(C)OC(=O)N1C[C@@H]2CC[C@H]1C[C@H]2O. The van der Waals surface area contributed by atoms with Crippen LogP contribution in [0.3, 0.4) is 0 Å². The minimum Gasteiger partial charge on any atom is -0.444 e. The van der Waals surface area contributed by atoms with Gasteiger partial charge in [-0.1, -0.05) is 0 Å². The molecule has 0 unspecified atom stereocenters. The molecule has 1 aliphatic carbocycles. The lowest BCUT2D eigenvalue weighted by atomic mass is 9.78. The van der Waals surface area contributed by atoms with E-state index in [1.807, 2.05) is 20.8 Å². The number of piperidine rings is 2. The van der Waals surface area contributed by atoms with Gasteiger partial charge in [-0.05, 0) is 40.0 Å². The fourth-order valence-corrected chi connectivity index (χ4v) is 2.63. The van der Waals surface area contributed by atoms with E-state index < -0.39 is 5.60 Å². The second-order valence-electron chi connectivity index (χ2n) is 5.93. The Kier molecular flexibility index (Phi) is 2.86. The third-order valence-corrected chi connectivity index (χ3v) is 3.43. The van der Waals surface area contributed by atoms with Gasteiger partial charge in [-0.25, -0.2) is 4.79 Å². The Labute approximate surface area is 96.6 Å². The van der Waals surface area contributed by atoms with E-state index in [1.54, 1.807) is 4.90 Å². The van der Waals surface area contributed by atoms with Gasteiger partial charge in [0.1, 0.15) is 5.60 Å². The van der Waals surface area contributed by atoms with E-state index in [4.69, 9.17) is 4.74 Å². The summed E-state index contributed by atoms with van der Waals surface area (Å²) in [5.41, 5.74) is -0.438. The number of rotatable bonds is 0. The molecule has 0 aromatic rings. The van der Waals surface area contributed by atoms with E-state index in [-0.39, 0.29) is 24.2 Å². The molecule has 0 radical (unpaired) electrons. The van der Waals surface area contributed by atoms with E-state index in [2.05, 4.69) is 0 Å². The standard InChI is InChI=1S/C12H21NO3/c1-12(2,3)16-11(15)13-7-8-4-5-9(13)6-10(8)14/h8-10,14H,4-7H2,1-3H3/t8-,9-,10+/m0/s1. The molecule has 3 fully saturated rings. The van der Waals surface area contributed by atoms with Crippen LogP contribution in [0.5, 0.6) is 0 Å². The quantitative estimate of drug-likeness (QED) is 0.686. The van der Waals surface area contributed by atoms with Crippen LogP contribution in [0.2, 0.25) is 0 Å². The first-order chi connectivity index (χ1) is 7.37. The van der Waals surface area contributed by atoms with Crippen LogP contribution in [0.1, 0.15) is 40.0 Å². The molecule has 1 saturated carbocycles. The number of fused-ring (bicyclic) bond motifs is 3. The lowest BCUT2D eigenvalue weighted by Crippen LogP contribution is -2.56. The number of ether oxygens (including phenoxy) is 1. The zero-order valence-corrected chi connectivity index (χ0v) is 10.3. The summed E-state index contributed by atoms with van der Waals surface area (Å²) in [6.45, 7) is 6.28. The number of aliphatic hydroxyl groups excluding tert-OH is 1. The summed E-state index contributed by atoms with van der Waals surface area (Å²) < 4.78 is 5.37. The number of nitrogens with zero attached hydrogens (tertiary/aromatic N) is 1. The van der Waals surface area contributed by atoms with Crippen LogP contribution in [0.15, 0.2) is 0 Å². The van der Waals surface area contributed by atoms with Crippen LogP contribution >= 0.6 is 0 Å². The normalized spacial score (nSPS) is 34.0. The maximum Gasteiger partial charge on any atom is 0.410 e. The second-order valence-corrected chi connectivity index (χ2v) is 5.93. The summed E-state index contributed by atoms with van der Waals surface area (Å²) in [4.78, 5) is 13.7. The number of hydrogen-bond acceptors (Lipinski definition) is 3. The third-order valence-electron chi connectivity index (χ3n) is 3.43. The lowest BCUT2D eigenvalue weighted by Gasteiger charge is -2.47. The number of carbonyl (C=O) groups is 1. The van der Waals surface area contributed by atoms with Gasteiger partial charge in [0.15, 0.2) is 0 Å². The predicted molar refractivity (Wildman–Crippen MR) is 60.1 cm³/mol. The zero-order chi connectivity index (χ0) is 11.9. The van der Waals surface area contributed by atoms with Gasteiger partial charge < -0.3 is 14.7 Å². The number of carbonyl (C=O) groups excluding carboxylic acids is 1. The molecule has 0 aromatic carbocycles. The molecule has 16 heavy (non-hydrogen) atoms. The number of hydrogen-bond donors (Lipinski definition) is 1. The predicted octanol–water partition coefficient (Wildman–Crippen LogP) is 1.77. The van der Waals surface area contributed by atoms with Crippen molar-refractivity contribution in [3.05, 3.63) is 0 Å². The zero-order valence-electron chi connectivity index (χ0n) is 10.3. The first kappa shape index (κ1) is 11.7. The van der Waals surface area contributed by atoms with Crippen LogP contribution in [-0.2, 0) is 4.74 Å². The van der Waals surface area contributed by atoms with Crippen LogP contribution < -0.4 is 0 Å². The molecule has 4 nitrogen and oxygen atoms in total. The van der Waals surface area contributed by atoms with Crippen LogP contribution in [0, 0.1) is 5.92 Å². The highest BCUT2D eigenvalue weighted by Gasteiger charge is 2.42. The summed E-state index contributed by atoms with van der Waals surface area (Å²) >= 11 is 0. The van der Waals surface area contributed by atoms with Gasteiger partial charge in [0.25, 0.3) is 0 Å². The van der Waals surface area contributed by atoms with Crippen molar-refractivity contribution < 1.29 is 14.6 Å². The molecule has 2 aliphatic heterocycles. The highest BCUT2D eigenvalue weighted by atomic mass is 16.6. The number of aliphatic hydroxyl groups is 1. The average molecular weight is 227 g/mol. The summed E-state index contributed by atoms with van der Waals surface area (Å²) in [5.74, 6) is 0.248. The molecular formula is C12H21NO3. The van der Waals surface area contributed by atoms with Gasteiger partial charge >= 0.3 is 6.09 Å². The Morgan fingerprint density at radius 3 is 2.50 bits per heavy atom. The molecule has 3 rings (SSSR count). The van der Waals surface area contributed by atoms with Crippen molar-refractivity contribution in [2.45, 2.75) is 57.8 Å². The van der Waals surface area contributed by atoms with Gasteiger partial charge in [0.2, 0.25) is 0 Å². The Morgan fingerprint density at radius 2 is 2.06 bits per heavy atom. The monoisotopic (exact) mass is 227 g/mol. The van der Waals surface area contributed by atoms with E-state index in [0.29, 0.717) is 13.0 Å². The Hall–Kier alpha value is -0.770. The van der Waals surface area contributed by atoms with Crippen molar-refractivity contribution >= 4 is 6.09 Å². The summed E-state index contributed by atoms with van der Waals surface area (Å²) in [5, 5.41) is 9.75. The fraction of sp³-hybridized carbons (Fsp3) is 0.917. The topological polar surface area (TPSA) is 49.8 Å². The number of amides is 1. The Morgan fingerprint density at radius 1 is 1.38 bits per heavy atom. The molecule has 0 aromatic heterocycles. The van der Waals surface area contributed by atoms with E-state index in [9.17, 15) is 9.90 Å². The van der Waals surface area contributed by atoms with E-state index in [1.165, 1.54) is 0 Å². The molecule has 2 bridgehead atoms. The van der Waals surface area contributed by atoms with Crippen molar-refractivity contribution in [1.82, 2.24) is 4.90 Å². The molecule has 2 heterocycles. The Bertz CT molecular complexity index is 284. The van der Waals surface area contributed by atoms with Crippen molar-refractivity contribution in [1.29, 1.82) is 0 Å². The molecule has 3 atom stereocenters. The van der Waals surface area contributed by atoms with E-state index in [0.717, 1.165) is 12.8 Å². The van der Waals surface area contributed by atoms with Gasteiger partial charge in [-0.2, -0.15) is 0 Å². The molecule has 2 saturated heterocycles. The second kappa shape index (κ2) is 3.91. The average Bonchev–Trinajstić information content (AvgIpc) is 2.15. The van der Waals surface area contributed by atoms with Gasteiger partial charge in [0.05, 0.1) is 6.10 Å². The van der Waals surface area contributed by atoms with Crippen molar-refractivity contribution in [3.63, 3.8) is 0 Å². The van der Waals surface area contributed by atoms with Crippen molar-refractivity contribution in [3.8, 4) is 0 Å². The van der Waals surface area contributed by atoms with E-state index >= 15 is 0 Å². The molecule has 92 valence electrons. The largest absolute Gasteiger partial charge is 0.444 e. The third kappa shape index (κ3) is 2.32. The molecule has 1 N–H and O–H groups in total. The molecular weight excluding hydrogens is 206 g/mol. The minimum atomic E-state index is -0.438. The first-order valence-electron chi connectivity index (χ1n) is 6.04. The highest BCUT2D eigenvalue weighted by molar-refractivity contribution is 5.69. The Balaban J connectivity index is 1.99. The van der Waals surface area contributed by atoms with Gasteiger partial charge in [-0.15, -0.1) is 0 Å². The maximum absolute atomic E-state index is 11.9. The summed E-state index contributed by atoms with van der Waals surface area (Å²) in [6, 6.07) is 0.176. The molecule has 4 heteroatoms. The highest BCUT2D eigenvalue weighted by Crippen LogP contribution is 2.35. The summed E-state index contributed by atoms with van der Waals surface area (Å²) in [6.07, 6.45) is 2.29. The fourth-order valence-electron chi connectivity index (χ4n) is 2.63. The maximum atomic E-state index is 11.9. The first-order valence-corrected chi connectivity index (χ1v) is 6.04. The molecule has 0 spiro atoms. The van der Waals surface area contributed by atoms with Crippen LogP contribution in [0.25, 0.3) is 0 Å². The van der Waals surface area contributed by atoms with Gasteiger partial charge in [0, 0.05) is 18.5 Å². The smallest absolute Gasteiger partial charge is 0.410 e. The lowest BCUT2D eigenvalue weighted by molar-refractivity contribution is -0.0584. The van der Waals surface area contributed by atoms with Crippen LogP contribution in [-0.4, -0.2) is 40.4 Å². The summed E-state index contributed by atoms with van der Waals surface area (Å²) in [7, 11) is 0. The van der Waals surface area contributed by atoms with Gasteiger partial charge in [-0.3, -0.25) is 0 Å². The molecule has 1 amide bonds. The molecule has 3 aliphatic rings. The van der Waals surface area contributed by atoms with Crippen molar-refractivity contribution in [2.75, 3.05) is 6.54 Å². The minimum absolute atomic E-state index is 0.176. The van der Waals surface area contributed by atoms with Crippen LogP contribution in [0.4, 0.5) is 4.79 Å². The van der Waals surface area contributed by atoms with Crippen molar-refractivity contribution in [2.24, 2.45) is 5.92 Å².